The Labute approximate surface area is 83.9 Å². The molecule has 0 fully saturated rings. The van der Waals surface area contributed by atoms with E-state index >= 15 is 0 Å². The Morgan fingerprint density at radius 2 is 2.00 bits per heavy atom. The van der Waals surface area contributed by atoms with Crippen LogP contribution in [0, 0.1) is 0 Å². The Morgan fingerprint density at radius 3 is 2.50 bits per heavy atom. The summed E-state index contributed by atoms with van der Waals surface area (Å²) in [6.07, 6.45) is 1.93. The molecule has 3 heteroatoms. The molecule has 2 N–H and O–H groups in total. The largest absolute Gasteiger partial charge is 0.465 e. The molecule has 0 aliphatic carbocycles. The second kappa shape index (κ2) is 5.40. The lowest BCUT2D eigenvalue weighted by atomic mass is 10.1. The van der Waals surface area contributed by atoms with Crippen LogP contribution in [0.4, 0.5) is 0 Å². The van der Waals surface area contributed by atoms with Gasteiger partial charge in [-0.3, -0.25) is 0 Å². The number of carbonyl (C=O) groups is 1. The van der Waals surface area contributed by atoms with Crippen molar-refractivity contribution < 1.29 is 9.53 Å². The zero-order valence-corrected chi connectivity index (χ0v) is 8.32. The number of benzene rings is 1. The fourth-order valence-corrected chi connectivity index (χ4v) is 1.23. The standard InChI is InChI=1S/C11H15NO2/c1-14-11(13)10-6-4-9(5-7-10)3-2-8-12/h4-7H,2-3,8,12H2,1H3. The number of methoxy groups -OCH3 is 1. The predicted molar refractivity (Wildman–Crippen MR) is 55.2 cm³/mol. The summed E-state index contributed by atoms with van der Waals surface area (Å²) in [6, 6.07) is 7.42. The maximum Gasteiger partial charge on any atom is 0.337 e. The first-order valence-corrected chi connectivity index (χ1v) is 4.65. The predicted octanol–water partition coefficient (Wildman–Crippen LogP) is 1.36. The summed E-state index contributed by atoms with van der Waals surface area (Å²) in [5.74, 6) is -0.296. The van der Waals surface area contributed by atoms with Crippen molar-refractivity contribution in [1.29, 1.82) is 0 Å². The molecular formula is C11H15NO2. The van der Waals surface area contributed by atoms with Gasteiger partial charge in [0.1, 0.15) is 0 Å². The molecule has 0 radical (unpaired) electrons. The first kappa shape index (κ1) is 10.7. The zero-order valence-electron chi connectivity index (χ0n) is 8.32. The van der Waals surface area contributed by atoms with Crippen LogP contribution in [0.5, 0.6) is 0 Å². The summed E-state index contributed by atoms with van der Waals surface area (Å²) in [4.78, 5) is 11.1. The van der Waals surface area contributed by atoms with E-state index < -0.39 is 0 Å². The first-order chi connectivity index (χ1) is 6.77. The Balaban J connectivity index is 2.63. The van der Waals surface area contributed by atoms with Crippen molar-refractivity contribution in [1.82, 2.24) is 0 Å². The van der Waals surface area contributed by atoms with Crippen LogP contribution >= 0.6 is 0 Å². The fraction of sp³-hybridized carbons (Fsp3) is 0.364. The third-order valence-electron chi connectivity index (χ3n) is 2.04. The van der Waals surface area contributed by atoms with Crippen LogP contribution in [0.25, 0.3) is 0 Å². The summed E-state index contributed by atoms with van der Waals surface area (Å²) in [6.45, 7) is 0.693. The van der Waals surface area contributed by atoms with Gasteiger partial charge in [0, 0.05) is 0 Å². The van der Waals surface area contributed by atoms with Gasteiger partial charge in [0.05, 0.1) is 12.7 Å². The molecule has 1 aromatic rings. The van der Waals surface area contributed by atoms with Gasteiger partial charge in [0.25, 0.3) is 0 Å². The summed E-state index contributed by atoms with van der Waals surface area (Å²) in [7, 11) is 1.38. The quantitative estimate of drug-likeness (QED) is 0.735. The van der Waals surface area contributed by atoms with E-state index in [1.54, 1.807) is 12.1 Å². The average molecular weight is 193 g/mol. The minimum atomic E-state index is -0.296. The molecule has 0 atom stereocenters. The van der Waals surface area contributed by atoms with Gasteiger partial charge in [0.2, 0.25) is 0 Å². The van der Waals surface area contributed by atoms with Gasteiger partial charge < -0.3 is 10.5 Å². The van der Waals surface area contributed by atoms with Crippen LogP contribution in [-0.2, 0) is 11.2 Å². The van der Waals surface area contributed by atoms with E-state index in [1.165, 1.54) is 12.7 Å². The van der Waals surface area contributed by atoms with Gasteiger partial charge in [-0.15, -0.1) is 0 Å². The first-order valence-electron chi connectivity index (χ1n) is 4.65. The summed E-state index contributed by atoms with van der Waals surface area (Å²) in [5.41, 5.74) is 7.19. The Hall–Kier alpha value is -1.35. The maximum absolute atomic E-state index is 11.1. The van der Waals surface area contributed by atoms with Crippen molar-refractivity contribution in [2.75, 3.05) is 13.7 Å². The molecule has 76 valence electrons. The van der Waals surface area contributed by atoms with Crippen LogP contribution < -0.4 is 5.73 Å². The molecule has 1 aromatic carbocycles. The average Bonchev–Trinajstić information content (AvgIpc) is 2.26. The number of carbonyl (C=O) groups excluding carboxylic acids is 1. The molecule has 0 aromatic heterocycles. The molecule has 0 saturated heterocycles. The highest BCUT2D eigenvalue weighted by Crippen LogP contribution is 2.07. The van der Waals surface area contributed by atoms with Gasteiger partial charge >= 0.3 is 5.97 Å². The molecule has 0 heterocycles. The lowest BCUT2D eigenvalue weighted by Crippen LogP contribution is -2.02. The number of aryl methyl sites for hydroxylation is 1. The molecule has 0 aliphatic rings. The molecule has 0 saturated carbocycles. The zero-order chi connectivity index (χ0) is 10.4. The Kier molecular flexibility index (Phi) is 4.13. The molecular weight excluding hydrogens is 178 g/mol. The molecule has 14 heavy (non-hydrogen) atoms. The summed E-state index contributed by atoms with van der Waals surface area (Å²) >= 11 is 0. The van der Waals surface area contributed by atoms with Gasteiger partial charge in [0.15, 0.2) is 0 Å². The van der Waals surface area contributed by atoms with E-state index in [4.69, 9.17) is 5.73 Å². The lowest BCUT2D eigenvalue weighted by Gasteiger charge is -2.01. The van der Waals surface area contributed by atoms with Crippen molar-refractivity contribution in [3.05, 3.63) is 35.4 Å². The highest BCUT2D eigenvalue weighted by Gasteiger charge is 2.03. The van der Waals surface area contributed by atoms with Crippen LogP contribution in [0.3, 0.4) is 0 Å². The van der Waals surface area contributed by atoms with E-state index in [0.29, 0.717) is 12.1 Å². The van der Waals surface area contributed by atoms with Crippen LogP contribution in [0.1, 0.15) is 22.3 Å². The summed E-state index contributed by atoms with van der Waals surface area (Å²) in [5, 5.41) is 0. The second-order valence-corrected chi connectivity index (χ2v) is 3.08. The summed E-state index contributed by atoms with van der Waals surface area (Å²) < 4.78 is 4.60. The third-order valence-corrected chi connectivity index (χ3v) is 2.04. The highest BCUT2D eigenvalue weighted by atomic mass is 16.5. The molecule has 0 spiro atoms. The molecule has 0 amide bonds. The Morgan fingerprint density at radius 1 is 1.36 bits per heavy atom. The van der Waals surface area contributed by atoms with E-state index in [2.05, 4.69) is 4.74 Å². The maximum atomic E-state index is 11.1. The van der Waals surface area contributed by atoms with Crippen molar-refractivity contribution in [3.63, 3.8) is 0 Å². The van der Waals surface area contributed by atoms with Crippen LogP contribution in [0.2, 0.25) is 0 Å². The second-order valence-electron chi connectivity index (χ2n) is 3.08. The minimum absolute atomic E-state index is 0.296. The van der Waals surface area contributed by atoms with Crippen molar-refractivity contribution in [2.24, 2.45) is 5.73 Å². The number of hydrogen-bond donors (Lipinski definition) is 1. The molecule has 3 nitrogen and oxygen atoms in total. The third kappa shape index (κ3) is 2.85. The highest BCUT2D eigenvalue weighted by molar-refractivity contribution is 5.89. The van der Waals surface area contributed by atoms with E-state index in [9.17, 15) is 4.79 Å². The van der Waals surface area contributed by atoms with E-state index in [1.807, 2.05) is 12.1 Å². The topological polar surface area (TPSA) is 52.3 Å². The van der Waals surface area contributed by atoms with Crippen molar-refractivity contribution in [2.45, 2.75) is 12.8 Å². The smallest absolute Gasteiger partial charge is 0.337 e. The number of ether oxygens (including phenoxy) is 1. The van der Waals surface area contributed by atoms with Gasteiger partial charge in [-0.2, -0.15) is 0 Å². The molecule has 0 unspecified atom stereocenters. The molecule has 0 bridgehead atoms. The van der Waals surface area contributed by atoms with Crippen molar-refractivity contribution >= 4 is 5.97 Å². The molecule has 1 rings (SSSR count). The Bertz CT molecular complexity index is 293. The van der Waals surface area contributed by atoms with E-state index in [-0.39, 0.29) is 5.97 Å². The number of esters is 1. The number of rotatable bonds is 4. The van der Waals surface area contributed by atoms with Gasteiger partial charge in [-0.25, -0.2) is 4.79 Å². The monoisotopic (exact) mass is 193 g/mol. The van der Waals surface area contributed by atoms with Gasteiger partial charge in [-0.1, -0.05) is 12.1 Å². The van der Waals surface area contributed by atoms with Crippen molar-refractivity contribution in [3.8, 4) is 0 Å². The van der Waals surface area contributed by atoms with E-state index in [0.717, 1.165) is 12.8 Å². The normalized spacial score (nSPS) is 9.86. The number of hydrogen-bond acceptors (Lipinski definition) is 3. The fourth-order valence-electron chi connectivity index (χ4n) is 1.23. The minimum Gasteiger partial charge on any atom is -0.465 e. The number of nitrogens with two attached hydrogens (primary N) is 1. The lowest BCUT2D eigenvalue weighted by molar-refractivity contribution is 0.0600. The van der Waals surface area contributed by atoms with Crippen LogP contribution in [-0.4, -0.2) is 19.6 Å². The molecule has 0 aliphatic heterocycles. The SMILES string of the molecule is COC(=O)c1ccc(CCCN)cc1. The van der Waals surface area contributed by atoms with Crippen LogP contribution in [0.15, 0.2) is 24.3 Å². The van der Waals surface area contributed by atoms with Gasteiger partial charge in [-0.05, 0) is 37.1 Å².